The molecule has 254 valence electrons. The van der Waals surface area contributed by atoms with Gasteiger partial charge in [0.25, 0.3) is 5.91 Å². The van der Waals surface area contributed by atoms with Crippen LogP contribution >= 0.6 is 0 Å². The van der Waals surface area contributed by atoms with E-state index in [9.17, 15) is 13.6 Å². The summed E-state index contributed by atoms with van der Waals surface area (Å²) in [5.74, 6) is -0.804. The van der Waals surface area contributed by atoms with Gasteiger partial charge in [-0.3, -0.25) is 10.2 Å². The summed E-state index contributed by atoms with van der Waals surface area (Å²) in [4.78, 5) is 19.4. The van der Waals surface area contributed by atoms with Gasteiger partial charge in [0, 0.05) is 37.1 Å². The molecule has 0 aliphatic carbocycles. The maximum absolute atomic E-state index is 14.4. The Morgan fingerprint density at radius 2 is 1.54 bits per heavy atom. The molecule has 7 nitrogen and oxygen atoms in total. The van der Waals surface area contributed by atoms with Gasteiger partial charge >= 0.3 is 0 Å². The summed E-state index contributed by atoms with van der Waals surface area (Å²) in [5.41, 5.74) is 8.43. The minimum absolute atomic E-state index is 0.0331. The number of nitrogens with zero attached hydrogens (tertiary/aromatic N) is 1. The van der Waals surface area contributed by atoms with Crippen molar-refractivity contribution in [2.24, 2.45) is 4.99 Å². The number of aliphatic hydroxyl groups excluding tert-OH is 1. The van der Waals surface area contributed by atoms with E-state index in [1.807, 2.05) is 97.1 Å². The van der Waals surface area contributed by atoms with Gasteiger partial charge in [0.1, 0.15) is 17.4 Å². The lowest BCUT2D eigenvalue weighted by molar-refractivity contribution is -0.129. The maximum Gasteiger partial charge on any atom is 0.266 e. The largest absolute Gasteiger partial charge is 0.494 e. The van der Waals surface area contributed by atoms with E-state index in [1.54, 1.807) is 24.3 Å². The molecule has 6 rings (SSSR count). The van der Waals surface area contributed by atoms with Gasteiger partial charge in [0.05, 0.1) is 6.61 Å². The second-order valence-corrected chi connectivity index (χ2v) is 11.8. The van der Waals surface area contributed by atoms with Crippen molar-refractivity contribution < 1.29 is 28.2 Å². The van der Waals surface area contributed by atoms with Crippen LogP contribution in [-0.4, -0.2) is 35.7 Å². The van der Waals surface area contributed by atoms with Crippen LogP contribution in [0.4, 0.5) is 8.78 Å². The van der Waals surface area contributed by atoms with Crippen molar-refractivity contribution >= 4 is 17.9 Å². The number of carbonyl (C=O) groups is 1. The van der Waals surface area contributed by atoms with Crippen molar-refractivity contribution in [1.82, 2.24) is 10.9 Å². The molecule has 1 aliphatic rings. The number of benzene rings is 5. The number of nitrogens with one attached hydrogen (secondary N) is 2. The molecule has 0 fully saturated rings. The molecule has 1 heterocycles. The normalized spacial score (nSPS) is 16.9. The van der Waals surface area contributed by atoms with Crippen LogP contribution in [0.3, 0.4) is 0 Å². The molecule has 50 heavy (non-hydrogen) atoms. The molecule has 0 spiro atoms. The van der Waals surface area contributed by atoms with E-state index in [1.165, 1.54) is 0 Å². The Balaban J connectivity index is 1.36. The van der Waals surface area contributed by atoms with Gasteiger partial charge in [-0.15, -0.1) is 0 Å². The minimum atomic E-state index is -1.50. The van der Waals surface area contributed by atoms with Crippen LogP contribution < -0.4 is 15.6 Å². The van der Waals surface area contributed by atoms with Gasteiger partial charge in [-0.05, 0) is 64.7 Å². The van der Waals surface area contributed by atoms with Crippen LogP contribution in [-0.2, 0) is 16.1 Å². The molecule has 5 aromatic rings. The van der Waals surface area contributed by atoms with Crippen LogP contribution in [0.2, 0.25) is 0 Å². The van der Waals surface area contributed by atoms with Crippen LogP contribution in [0.1, 0.15) is 41.2 Å². The predicted octanol–water partition coefficient (Wildman–Crippen LogP) is 7.57. The smallest absolute Gasteiger partial charge is 0.266 e. The molecular formula is C41H37F2N3O4. The Morgan fingerprint density at radius 1 is 0.860 bits per heavy atom. The van der Waals surface area contributed by atoms with Gasteiger partial charge in [0.15, 0.2) is 11.6 Å². The molecule has 0 radical (unpaired) electrons. The van der Waals surface area contributed by atoms with Crippen LogP contribution in [0.5, 0.6) is 5.75 Å². The van der Waals surface area contributed by atoms with Crippen LogP contribution in [0, 0.1) is 11.6 Å². The number of hydrazine groups is 1. The fourth-order valence-corrected chi connectivity index (χ4v) is 5.74. The van der Waals surface area contributed by atoms with Crippen molar-refractivity contribution in [2.75, 3.05) is 13.2 Å². The quantitative estimate of drug-likeness (QED) is 0.0836. The summed E-state index contributed by atoms with van der Waals surface area (Å²) in [6, 6.07) is 37.9. The standard InChI is InChI=1S/C41H37F2N3O4/c42-35-20-23-37(43)34(27-35)28-44-46-40(48)41(24-7-11-29-9-3-1-4-10-29)38(32-16-14-31(15-17-32)30-12-5-2-6-13-30)50-39(45-41)33-18-21-36(22-19-33)49-26-8-25-47/h1-7,9-23,27,38,44,47H,8,24-26,28H2,(H,46,48)/b11-7+/t38-,41-/m0/s1. The number of hydrogen-bond acceptors (Lipinski definition) is 6. The highest BCUT2D eigenvalue weighted by molar-refractivity contribution is 6.01. The number of aliphatic hydroxyl groups is 1. The first-order valence-electron chi connectivity index (χ1n) is 16.4. The van der Waals surface area contributed by atoms with Crippen molar-refractivity contribution in [3.05, 3.63) is 167 Å². The Kier molecular flexibility index (Phi) is 11.1. The van der Waals surface area contributed by atoms with E-state index < -0.39 is 29.2 Å². The zero-order valence-corrected chi connectivity index (χ0v) is 27.3. The first kappa shape index (κ1) is 34.2. The second-order valence-electron chi connectivity index (χ2n) is 11.8. The van der Waals surface area contributed by atoms with Gasteiger partial charge < -0.3 is 14.6 Å². The summed E-state index contributed by atoms with van der Waals surface area (Å²) >= 11 is 0. The molecule has 0 saturated heterocycles. The van der Waals surface area contributed by atoms with Crippen LogP contribution in [0.25, 0.3) is 17.2 Å². The summed E-state index contributed by atoms with van der Waals surface area (Å²) < 4.78 is 40.6. The number of aliphatic imine (C=N–C) groups is 1. The molecule has 1 amide bonds. The van der Waals surface area contributed by atoms with Crippen molar-refractivity contribution in [1.29, 1.82) is 0 Å². The molecule has 5 aromatic carbocycles. The Morgan fingerprint density at radius 3 is 2.26 bits per heavy atom. The third-order valence-corrected chi connectivity index (χ3v) is 8.38. The van der Waals surface area contributed by atoms with E-state index in [-0.39, 0.29) is 31.0 Å². The zero-order chi connectivity index (χ0) is 34.8. The topological polar surface area (TPSA) is 92.2 Å². The van der Waals surface area contributed by atoms with Gasteiger partial charge in [0.2, 0.25) is 5.90 Å². The highest BCUT2D eigenvalue weighted by atomic mass is 19.1. The van der Waals surface area contributed by atoms with Crippen molar-refractivity contribution in [2.45, 2.75) is 31.0 Å². The Bertz CT molecular complexity index is 1940. The summed E-state index contributed by atoms with van der Waals surface area (Å²) in [6.07, 6.45) is 3.62. The van der Waals surface area contributed by atoms with E-state index in [0.717, 1.165) is 40.5 Å². The lowest BCUT2D eigenvalue weighted by Crippen LogP contribution is -2.52. The van der Waals surface area contributed by atoms with E-state index in [0.29, 0.717) is 24.3 Å². The summed E-state index contributed by atoms with van der Waals surface area (Å²) in [5, 5.41) is 9.09. The molecule has 0 aromatic heterocycles. The molecule has 3 N–H and O–H groups in total. The average Bonchev–Trinajstić information content (AvgIpc) is 3.55. The lowest BCUT2D eigenvalue weighted by Gasteiger charge is -2.30. The highest BCUT2D eigenvalue weighted by Crippen LogP contribution is 2.43. The monoisotopic (exact) mass is 673 g/mol. The number of halogens is 2. The number of ether oxygens (including phenoxy) is 2. The van der Waals surface area contributed by atoms with E-state index in [2.05, 4.69) is 10.9 Å². The minimum Gasteiger partial charge on any atom is -0.494 e. The number of hydrogen-bond donors (Lipinski definition) is 3. The Labute approximate surface area is 289 Å². The summed E-state index contributed by atoms with van der Waals surface area (Å²) in [6.45, 7) is 0.250. The molecule has 0 saturated carbocycles. The molecule has 0 unspecified atom stereocenters. The number of amides is 1. The predicted molar refractivity (Wildman–Crippen MR) is 190 cm³/mol. The third kappa shape index (κ3) is 8.14. The molecule has 2 atom stereocenters. The first-order chi connectivity index (χ1) is 24.4. The first-order valence-corrected chi connectivity index (χ1v) is 16.4. The molecule has 9 heteroatoms. The van der Waals surface area contributed by atoms with Gasteiger partial charge in [-0.2, -0.15) is 0 Å². The van der Waals surface area contributed by atoms with E-state index in [4.69, 9.17) is 19.6 Å². The van der Waals surface area contributed by atoms with Crippen molar-refractivity contribution in [3.63, 3.8) is 0 Å². The molecule has 0 bridgehead atoms. The fourth-order valence-electron chi connectivity index (χ4n) is 5.74. The molecule has 1 aliphatic heterocycles. The summed E-state index contributed by atoms with van der Waals surface area (Å²) in [7, 11) is 0. The van der Waals surface area contributed by atoms with Gasteiger partial charge in [-0.25, -0.2) is 19.2 Å². The highest BCUT2D eigenvalue weighted by Gasteiger charge is 2.52. The molecular weight excluding hydrogens is 636 g/mol. The number of carbonyl (C=O) groups excluding carboxylic acids is 1. The SMILES string of the molecule is O=C(NNCc1cc(F)ccc1F)[C@@]1(C/C=C/c2ccccc2)N=C(c2ccc(OCCCO)cc2)O[C@H]1c1ccc(-c2ccccc2)cc1. The third-order valence-electron chi connectivity index (χ3n) is 8.38. The fraction of sp³-hybridized carbons (Fsp3) is 0.171. The van der Waals surface area contributed by atoms with E-state index >= 15 is 0 Å². The van der Waals surface area contributed by atoms with Crippen LogP contribution in [0.15, 0.2) is 138 Å². The van der Waals surface area contributed by atoms with Crippen molar-refractivity contribution in [3.8, 4) is 16.9 Å². The maximum atomic E-state index is 14.4. The zero-order valence-electron chi connectivity index (χ0n) is 27.3. The lowest BCUT2D eigenvalue weighted by atomic mass is 9.84. The second kappa shape index (κ2) is 16.2. The number of rotatable bonds is 14. The Hall–Kier alpha value is -5.64. The average molecular weight is 674 g/mol. The van der Waals surface area contributed by atoms with Gasteiger partial charge in [-0.1, -0.05) is 97.1 Å².